The molecule has 13 heavy (non-hydrogen) atoms. The lowest BCUT2D eigenvalue weighted by molar-refractivity contribution is -0.284. The summed E-state index contributed by atoms with van der Waals surface area (Å²) in [6.07, 6.45) is 0. The number of ether oxygens (including phenoxy) is 1. The SMILES string of the molecule is COc1ccc(F)c(S[N+](=O)[O-])c1. The van der Waals surface area contributed by atoms with Crippen molar-refractivity contribution in [2.24, 2.45) is 0 Å². The van der Waals surface area contributed by atoms with Crippen LogP contribution in [0.25, 0.3) is 0 Å². The Bertz CT molecular complexity index is 332. The van der Waals surface area contributed by atoms with E-state index in [1.54, 1.807) is 0 Å². The summed E-state index contributed by atoms with van der Waals surface area (Å²) < 4.78 is 17.0. The molecule has 0 aliphatic rings. The van der Waals surface area contributed by atoms with Gasteiger partial charge in [-0.1, -0.05) is 0 Å². The summed E-state index contributed by atoms with van der Waals surface area (Å²) >= 11 is 0.222. The van der Waals surface area contributed by atoms with Gasteiger partial charge in [-0.3, -0.25) is 10.1 Å². The number of hydrogen-bond donors (Lipinski definition) is 0. The van der Waals surface area contributed by atoms with Crippen molar-refractivity contribution in [2.75, 3.05) is 7.11 Å². The summed E-state index contributed by atoms with van der Waals surface area (Å²) in [6, 6.07) is 3.81. The van der Waals surface area contributed by atoms with Crippen LogP contribution in [-0.2, 0) is 0 Å². The highest BCUT2D eigenvalue weighted by Crippen LogP contribution is 2.25. The van der Waals surface area contributed by atoms with Crippen molar-refractivity contribution in [2.45, 2.75) is 4.90 Å². The van der Waals surface area contributed by atoms with Crippen LogP contribution in [0.15, 0.2) is 23.1 Å². The number of hydrogen-bond acceptors (Lipinski definition) is 4. The van der Waals surface area contributed by atoms with Crippen LogP contribution in [0.5, 0.6) is 5.75 Å². The molecule has 0 heterocycles. The monoisotopic (exact) mass is 203 g/mol. The van der Waals surface area contributed by atoms with Gasteiger partial charge in [0.2, 0.25) is 0 Å². The molecule has 6 heteroatoms. The van der Waals surface area contributed by atoms with Crippen molar-refractivity contribution in [3.05, 3.63) is 34.1 Å². The lowest BCUT2D eigenvalue weighted by Gasteiger charge is -2.00. The van der Waals surface area contributed by atoms with Gasteiger partial charge in [0.05, 0.1) is 7.11 Å². The van der Waals surface area contributed by atoms with Gasteiger partial charge in [0.1, 0.15) is 20.8 Å². The van der Waals surface area contributed by atoms with E-state index in [0.717, 1.165) is 6.07 Å². The second kappa shape index (κ2) is 4.08. The maximum atomic E-state index is 12.9. The molecule has 0 unspecified atom stereocenters. The minimum Gasteiger partial charge on any atom is -0.497 e. The molecule has 0 radical (unpaired) electrons. The Hall–Kier alpha value is -1.30. The molecule has 0 aliphatic carbocycles. The van der Waals surface area contributed by atoms with Crippen molar-refractivity contribution in [1.82, 2.24) is 0 Å². The van der Waals surface area contributed by atoms with Crippen molar-refractivity contribution in [3.8, 4) is 5.75 Å². The van der Waals surface area contributed by atoms with Crippen LogP contribution in [0.2, 0.25) is 0 Å². The minimum absolute atomic E-state index is 0.0515. The number of benzene rings is 1. The third kappa shape index (κ3) is 2.59. The zero-order valence-electron chi connectivity index (χ0n) is 6.69. The van der Waals surface area contributed by atoms with Crippen LogP contribution in [0.1, 0.15) is 0 Å². The van der Waals surface area contributed by atoms with Crippen molar-refractivity contribution < 1.29 is 13.5 Å². The first-order valence-corrected chi connectivity index (χ1v) is 4.06. The molecule has 0 fully saturated rings. The highest BCUT2D eigenvalue weighted by molar-refractivity contribution is 7.93. The summed E-state index contributed by atoms with van der Waals surface area (Å²) in [4.78, 5) is 10.0. The molecule has 1 rings (SSSR count). The average molecular weight is 203 g/mol. The molecule has 0 amide bonds. The van der Waals surface area contributed by atoms with Gasteiger partial charge in [0.15, 0.2) is 0 Å². The molecule has 4 nitrogen and oxygen atoms in total. The highest BCUT2D eigenvalue weighted by Gasteiger charge is 2.12. The van der Waals surface area contributed by atoms with Gasteiger partial charge < -0.3 is 4.74 Å². The summed E-state index contributed by atoms with van der Waals surface area (Å²) in [5, 5.41) is 10.1. The molecule has 0 N–H and O–H groups in total. The van der Waals surface area contributed by atoms with Crippen LogP contribution < -0.4 is 4.74 Å². The molecule has 1 aromatic carbocycles. The van der Waals surface area contributed by atoms with Gasteiger partial charge in [-0.15, -0.1) is 0 Å². The Morgan fingerprint density at radius 1 is 1.62 bits per heavy atom. The highest BCUT2D eigenvalue weighted by atomic mass is 32.2. The first-order chi connectivity index (χ1) is 6.13. The number of methoxy groups -OCH3 is 1. The Kier molecular flexibility index (Phi) is 3.07. The quantitative estimate of drug-likeness (QED) is 0.429. The van der Waals surface area contributed by atoms with E-state index < -0.39 is 10.1 Å². The van der Waals surface area contributed by atoms with E-state index in [-0.39, 0.29) is 16.8 Å². The fourth-order valence-corrected chi connectivity index (χ4v) is 1.25. The number of nitrogens with zero attached hydrogens (tertiary/aromatic N) is 1. The average Bonchev–Trinajstić information content (AvgIpc) is 2.08. The van der Waals surface area contributed by atoms with Crippen molar-refractivity contribution in [3.63, 3.8) is 0 Å². The van der Waals surface area contributed by atoms with E-state index in [9.17, 15) is 14.5 Å². The van der Waals surface area contributed by atoms with Crippen LogP contribution in [0.4, 0.5) is 4.39 Å². The Morgan fingerprint density at radius 3 is 2.85 bits per heavy atom. The molecular formula is C7H6FNO3S. The molecule has 0 aromatic heterocycles. The summed E-state index contributed by atoms with van der Waals surface area (Å²) in [5.74, 6) is -0.228. The maximum absolute atomic E-state index is 12.9. The number of rotatable bonds is 3. The topological polar surface area (TPSA) is 52.4 Å². The second-order valence-electron chi connectivity index (χ2n) is 2.11. The molecule has 0 atom stereocenters. The fraction of sp³-hybridized carbons (Fsp3) is 0.143. The second-order valence-corrected chi connectivity index (χ2v) is 3.03. The van der Waals surface area contributed by atoms with E-state index >= 15 is 0 Å². The van der Waals surface area contributed by atoms with Gasteiger partial charge in [-0.05, 0) is 12.1 Å². The van der Waals surface area contributed by atoms with E-state index in [2.05, 4.69) is 0 Å². The van der Waals surface area contributed by atoms with Crippen molar-refractivity contribution in [1.29, 1.82) is 0 Å². The number of halogens is 1. The normalized spacial score (nSPS) is 9.69. The van der Waals surface area contributed by atoms with Gasteiger partial charge in [0.25, 0.3) is 11.9 Å². The molecule has 0 bridgehead atoms. The fourth-order valence-electron chi connectivity index (χ4n) is 0.761. The minimum atomic E-state index is -0.669. The largest absolute Gasteiger partial charge is 0.497 e. The van der Waals surface area contributed by atoms with Gasteiger partial charge in [0, 0.05) is 6.07 Å². The Balaban J connectivity index is 2.96. The third-order valence-corrected chi connectivity index (χ3v) is 1.97. The Labute approximate surface area is 78.0 Å². The molecular weight excluding hydrogens is 197 g/mol. The van der Waals surface area contributed by atoms with Gasteiger partial charge >= 0.3 is 0 Å². The molecule has 1 aromatic rings. The molecule has 70 valence electrons. The van der Waals surface area contributed by atoms with Crippen LogP contribution >= 0.6 is 11.9 Å². The van der Waals surface area contributed by atoms with E-state index in [4.69, 9.17) is 4.74 Å². The molecule has 0 aliphatic heterocycles. The molecule has 0 saturated heterocycles. The van der Waals surface area contributed by atoms with E-state index in [0.29, 0.717) is 5.75 Å². The first-order valence-electron chi connectivity index (χ1n) is 3.29. The predicted molar refractivity (Wildman–Crippen MR) is 45.8 cm³/mol. The maximum Gasteiger partial charge on any atom is 0.268 e. The standard InChI is InChI=1S/C7H6FNO3S/c1-12-5-2-3-6(8)7(4-5)13-9(10)11/h2-4H,1H3. The lowest BCUT2D eigenvalue weighted by atomic mass is 10.3. The Morgan fingerprint density at radius 2 is 2.31 bits per heavy atom. The van der Waals surface area contributed by atoms with Crippen LogP contribution in [-0.4, -0.2) is 11.4 Å². The van der Waals surface area contributed by atoms with E-state index in [1.807, 2.05) is 0 Å². The van der Waals surface area contributed by atoms with Crippen molar-refractivity contribution >= 4 is 11.9 Å². The van der Waals surface area contributed by atoms with Gasteiger partial charge in [-0.2, -0.15) is 0 Å². The van der Waals surface area contributed by atoms with Gasteiger partial charge in [-0.25, -0.2) is 4.39 Å². The zero-order valence-corrected chi connectivity index (χ0v) is 7.51. The first kappa shape index (κ1) is 9.79. The molecule has 0 spiro atoms. The third-order valence-electron chi connectivity index (χ3n) is 1.31. The lowest BCUT2D eigenvalue weighted by Crippen LogP contribution is -1.89. The van der Waals surface area contributed by atoms with Crippen LogP contribution in [0.3, 0.4) is 0 Å². The summed E-state index contributed by atoms with van der Waals surface area (Å²) in [6.45, 7) is 0. The predicted octanol–water partition coefficient (Wildman–Crippen LogP) is 2.12. The smallest absolute Gasteiger partial charge is 0.268 e. The summed E-state index contributed by atoms with van der Waals surface area (Å²) in [5.41, 5.74) is 0. The number of nitro groups is 1. The molecule has 0 saturated carbocycles. The summed E-state index contributed by atoms with van der Waals surface area (Å²) in [7, 11) is 1.41. The zero-order chi connectivity index (χ0) is 9.84. The van der Waals surface area contributed by atoms with E-state index in [1.165, 1.54) is 19.2 Å². The van der Waals surface area contributed by atoms with Crippen LogP contribution in [0, 0.1) is 15.9 Å².